The molecule has 0 aliphatic rings. The van der Waals surface area contributed by atoms with E-state index in [2.05, 4.69) is 37.1 Å². The first-order chi connectivity index (χ1) is 7.67. The summed E-state index contributed by atoms with van der Waals surface area (Å²) in [5, 5.41) is 3.13. The SMILES string of the molecule is CCN(Cc1ccoc1CNC)CC(C)C. The summed E-state index contributed by atoms with van der Waals surface area (Å²) in [4.78, 5) is 2.45. The fraction of sp³-hybridized carbons (Fsp3) is 0.692. The maximum Gasteiger partial charge on any atom is 0.122 e. The minimum absolute atomic E-state index is 0.708. The van der Waals surface area contributed by atoms with E-state index in [1.54, 1.807) is 6.26 Å². The van der Waals surface area contributed by atoms with Crippen molar-refractivity contribution in [1.82, 2.24) is 10.2 Å². The minimum Gasteiger partial charge on any atom is -0.468 e. The van der Waals surface area contributed by atoms with Gasteiger partial charge in [-0.05, 0) is 25.6 Å². The number of hydrogen-bond donors (Lipinski definition) is 1. The fourth-order valence-electron chi connectivity index (χ4n) is 1.89. The van der Waals surface area contributed by atoms with Crippen molar-refractivity contribution in [2.75, 3.05) is 20.1 Å². The van der Waals surface area contributed by atoms with E-state index in [1.807, 2.05) is 7.05 Å². The van der Waals surface area contributed by atoms with Gasteiger partial charge in [-0.15, -0.1) is 0 Å². The summed E-state index contributed by atoms with van der Waals surface area (Å²) < 4.78 is 5.47. The van der Waals surface area contributed by atoms with Gasteiger partial charge in [-0.25, -0.2) is 0 Å². The Morgan fingerprint density at radius 3 is 2.75 bits per heavy atom. The molecule has 0 unspecified atom stereocenters. The molecule has 1 heterocycles. The first-order valence-electron chi connectivity index (χ1n) is 6.09. The average Bonchev–Trinajstić information content (AvgIpc) is 2.65. The second kappa shape index (κ2) is 6.71. The van der Waals surface area contributed by atoms with Gasteiger partial charge >= 0.3 is 0 Å². The molecule has 0 aliphatic heterocycles. The van der Waals surface area contributed by atoms with Crippen molar-refractivity contribution in [3.05, 3.63) is 23.7 Å². The van der Waals surface area contributed by atoms with Crippen LogP contribution in [0.5, 0.6) is 0 Å². The molecule has 1 N–H and O–H groups in total. The Balaban J connectivity index is 2.58. The van der Waals surface area contributed by atoms with Crippen LogP contribution >= 0.6 is 0 Å². The molecule has 0 bridgehead atoms. The van der Waals surface area contributed by atoms with Crippen molar-refractivity contribution in [3.8, 4) is 0 Å². The highest BCUT2D eigenvalue weighted by Gasteiger charge is 2.10. The van der Waals surface area contributed by atoms with Gasteiger partial charge in [-0.1, -0.05) is 20.8 Å². The number of rotatable bonds is 7. The average molecular weight is 224 g/mol. The van der Waals surface area contributed by atoms with Gasteiger partial charge in [-0.3, -0.25) is 4.90 Å². The molecule has 0 saturated carbocycles. The molecular weight excluding hydrogens is 200 g/mol. The lowest BCUT2D eigenvalue weighted by Gasteiger charge is -2.22. The zero-order chi connectivity index (χ0) is 12.0. The molecule has 92 valence electrons. The highest BCUT2D eigenvalue weighted by Crippen LogP contribution is 2.14. The van der Waals surface area contributed by atoms with Crippen LogP contribution in [0.4, 0.5) is 0 Å². The van der Waals surface area contributed by atoms with Gasteiger partial charge in [0, 0.05) is 18.7 Å². The molecule has 0 fully saturated rings. The van der Waals surface area contributed by atoms with Crippen LogP contribution in [-0.2, 0) is 13.1 Å². The van der Waals surface area contributed by atoms with E-state index in [0.29, 0.717) is 5.92 Å². The van der Waals surface area contributed by atoms with Crippen LogP contribution < -0.4 is 5.32 Å². The lowest BCUT2D eigenvalue weighted by molar-refractivity contribution is 0.246. The maximum atomic E-state index is 5.47. The van der Waals surface area contributed by atoms with Crippen LogP contribution in [0.2, 0.25) is 0 Å². The van der Waals surface area contributed by atoms with Gasteiger partial charge in [0.15, 0.2) is 0 Å². The Morgan fingerprint density at radius 1 is 1.44 bits per heavy atom. The molecule has 0 saturated heterocycles. The molecule has 1 aromatic rings. The van der Waals surface area contributed by atoms with Crippen LogP contribution in [-0.4, -0.2) is 25.0 Å². The number of hydrogen-bond acceptors (Lipinski definition) is 3. The third kappa shape index (κ3) is 3.99. The molecule has 0 atom stereocenters. The highest BCUT2D eigenvalue weighted by molar-refractivity contribution is 5.16. The van der Waals surface area contributed by atoms with Gasteiger partial charge in [0.25, 0.3) is 0 Å². The van der Waals surface area contributed by atoms with Crippen molar-refractivity contribution >= 4 is 0 Å². The summed E-state index contributed by atoms with van der Waals surface area (Å²) in [5.41, 5.74) is 1.30. The normalized spacial score (nSPS) is 11.6. The number of nitrogens with zero attached hydrogens (tertiary/aromatic N) is 1. The molecule has 0 radical (unpaired) electrons. The van der Waals surface area contributed by atoms with E-state index < -0.39 is 0 Å². The largest absolute Gasteiger partial charge is 0.468 e. The zero-order valence-electron chi connectivity index (χ0n) is 10.9. The molecule has 1 aromatic heterocycles. The summed E-state index contributed by atoms with van der Waals surface area (Å²) in [7, 11) is 1.94. The lowest BCUT2D eigenvalue weighted by atomic mass is 10.1. The van der Waals surface area contributed by atoms with Crippen LogP contribution in [0, 0.1) is 5.92 Å². The number of furan rings is 1. The summed E-state index contributed by atoms with van der Waals surface area (Å²) in [5.74, 6) is 1.77. The van der Waals surface area contributed by atoms with Crippen molar-refractivity contribution in [2.24, 2.45) is 5.92 Å². The molecule has 0 spiro atoms. The van der Waals surface area contributed by atoms with E-state index in [1.165, 1.54) is 5.56 Å². The van der Waals surface area contributed by atoms with Gasteiger partial charge in [0.2, 0.25) is 0 Å². The second-order valence-electron chi connectivity index (χ2n) is 4.62. The molecule has 16 heavy (non-hydrogen) atoms. The summed E-state index contributed by atoms with van der Waals surface area (Å²) in [6.45, 7) is 10.7. The third-order valence-electron chi connectivity index (χ3n) is 2.64. The highest BCUT2D eigenvalue weighted by atomic mass is 16.3. The van der Waals surface area contributed by atoms with E-state index >= 15 is 0 Å². The van der Waals surface area contributed by atoms with Gasteiger partial charge in [0.1, 0.15) is 5.76 Å². The Bertz CT molecular complexity index is 294. The molecular formula is C13H24N2O. The second-order valence-corrected chi connectivity index (χ2v) is 4.62. The molecule has 0 amide bonds. The third-order valence-corrected chi connectivity index (χ3v) is 2.64. The fourth-order valence-corrected chi connectivity index (χ4v) is 1.89. The van der Waals surface area contributed by atoms with Crippen molar-refractivity contribution < 1.29 is 4.42 Å². The summed E-state index contributed by atoms with van der Waals surface area (Å²) in [6, 6.07) is 2.08. The van der Waals surface area contributed by atoms with E-state index in [0.717, 1.165) is 31.9 Å². The Labute approximate surface area is 98.8 Å². The standard InChI is InChI=1S/C13H24N2O/c1-5-15(9-11(2)3)10-12-6-7-16-13(12)8-14-4/h6-7,11,14H,5,8-10H2,1-4H3. The lowest BCUT2D eigenvalue weighted by Crippen LogP contribution is -2.27. The molecule has 3 heteroatoms. The monoisotopic (exact) mass is 224 g/mol. The Kier molecular flexibility index (Phi) is 5.56. The maximum absolute atomic E-state index is 5.47. The number of nitrogens with one attached hydrogen (secondary N) is 1. The summed E-state index contributed by atoms with van der Waals surface area (Å²) >= 11 is 0. The smallest absolute Gasteiger partial charge is 0.122 e. The minimum atomic E-state index is 0.708. The zero-order valence-corrected chi connectivity index (χ0v) is 10.9. The Morgan fingerprint density at radius 2 is 2.19 bits per heavy atom. The predicted molar refractivity (Wildman–Crippen MR) is 67.3 cm³/mol. The molecule has 0 aromatic carbocycles. The molecule has 1 rings (SSSR count). The Hall–Kier alpha value is -0.800. The van der Waals surface area contributed by atoms with Crippen LogP contribution in [0.15, 0.2) is 16.7 Å². The van der Waals surface area contributed by atoms with Gasteiger partial charge in [-0.2, -0.15) is 0 Å². The van der Waals surface area contributed by atoms with Crippen molar-refractivity contribution in [2.45, 2.75) is 33.9 Å². The van der Waals surface area contributed by atoms with Gasteiger partial charge < -0.3 is 9.73 Å². The van der Waals surface area contributed by atoms with E-state index in [9.17, 15) is 0 Å². The van der Waals surface area contributed by atoms with Crippen molar-refractivity contribution in [3.63, 3.8) is 0 Å². The van der Waals surface area contributed by atoms with Crippen molar-refractivity contribution in [1.29, 1.82) is 0 Å². The first-order valence-corrected chi connectivity index (χ1v) is 6.09. The summed E-state index contributed by atoms with van der Waals surface area (Å²) in [6.07, 6.45) is 1.78. The quantitative estimate of drug-likeness (QED) is 0.771. The van der Waals surface area contributed by atoms with Crippen LogP contribution in [0.3, 0.4) is 0 Å². The predicted octanol–water partition coefficient (Wildman–Crippen LogP) is 2.48. The van der Waals surface area contributed by atoms with Crippen LogP contribution in [0.25, 0.3) is 0 Å². The molecule has 0 aliphatic carbocycles. The van der Waals surface area contributed by atoms with E-state index in [4.69, 9.17) is 4.42 Å². The topological polar surface area (TPSA) is 28.4 Å². The van der Waals surface area contributed by atoms with E-state index in [-0.39, 0.29) is 0 Å². The van der Waals surface area contributed by atoms with Gasteiger partial charge in [0.05, 0.1) is 12.8 Å². The van der Waals surface area contributed by atoms with Crippen LogP contribution in [0.1, 0.15) is 32.1 Å². The first kappa shape index (κ1) is 13.3. The molecule has 3 nitrogen and oxygen atoms in total.